The molecule has 110 valence electrons. The van der Waals surface area contributed by atoms with E-state index in [4.69, 9.17) is 0 Å². The van der Waals surface area contributed by atoms with Gasteiger partial charge in [-0.05, 0) is 49.9 Å². The topological polar surface area (TPSA) is 3.24 Å². The number of likely N-dealkylation sites (tertiary alicyclic amines) is 1. The van der Waals surface area contributed by atoms with E-state index in [9.17, 15) is 0 Å². The molecule has 0 radical (unpaired) electrons. The second kappa shape index (κ2) is 7.09. The van der Waals surface area contributed by atoms with E-state index < -0.39 is 0 Å². The van der Waals surface area contributed by atoms with Crippen molar-refractivity contribution in [1.82, 2.24) is 4.90 Å². The maximum atomic E-state index is 3.56. The van der Waals surface area contributed by atoms with E-state index in [1.807, 2.05) is 0 Å². The first kappa shape index (κ1) is 14.6. The van der Waals surface area contributed by atoms with Crippen molar-refractivity contribution in [3.8, 4) is 0 Å². The van der Waals surface area contributed by atoms with Gasteiger partial charge in [0.15, 0.2) is 0 Å². The second-order valence-corrected chi connectivity index (χ2v) is 7.36. The molecule has 1 heterocycles. The predicted molar refractivity (Wildman–Crippen MR) is 88.9 cm³/mol. The Morgan fingerprint density at radius 3 is 2.15 bits per heavy atom. The molecular weight excluding hydrogens is 310 g/mol. The first-order valence-corrected chi connectivity index (χ1v) is 9.15. The highest BCUT2D eigenvalue weighted by Crippen LogP contribution is 2.36. The Bertz CT molecular complexity index is 406. The third kappa shape index (κ3) is 3.46. The summed E-state index contributed by atoms with van der Waals surface area (Å²) in [5.41, 5.74) is 1.53. The zero-order valence-electron chi connectivity index (χ0n) is 12.4. The number of benzene rings is 1. The molecule has 2 fully saturated rings. The smallest absolute Gasteiger partial charge is 0.0351 e. The van der Waals surface area contributed by atoms with Gasteiger partial charge in [0.25, 0.3) is 0 Å². The lowest BCUT2D eigenvalue weighted by atomic mass is 9.92. The summed E-state index contributed by atoms with van der Waals surface area (Å²) >= 11 is 3.56. The van der Waals surface area contributed by atoms with E-state index in [-0.39, 0.29) is 0 Å². The molecule has 3 rings (SSSR count). The molecule has 1 aliphatic carbocycles. The first-order valence-electron chi connectivity index (χ1n) is 8.36. The number of piperidine rings is 1. The van der Waals surface area contributed by atoms with Crippen LogP contribution in [-0.4, -0.2) is 17.5 Å². The van der Waals surface area contributed by atoms with E-state index in [0.29, 0.717) is 6.04 Å². The van der Waals surface area contributed by atoms with Gasteiger partial charge in [-0.2, -0.15) is 0 Å². The molecule has 2 aliphatic rings. The molecule has 0 N–H and O–H groups in total. The van der Waals surface area contributed by atoms with Crippen molar-refractivity contribution in [2.75, 3.05) is 6.54 Å². The standard InChI is InChI=1S/C18H26BrN/c19-16-12-10-15(11-13-16)18-9-5-6-14-20(18)17-7-3-1-2-4-8-17/h10-13,17-18H,1-9,14H2. The van der Waals surface area contributed by atoms with Crippen molar-refractivity contribution < 1.29 is 0 Å². The van der Waals surface area contributed by atoms with Gasteiger partial charge in [0, 0.05) is 16.6 Å². The zero-order valence-corrected chi connectivity index (χ0v) is 13.9. The lowest BCUT2D eigenvalue weighted by Crippen LogP contribution is -2.41. The van der Waals surface area contributed by atoms with Crippen LogP contribution in [0, 0.1) is 0 Å². The molecule has 0 amide bonds. The quantitative estimate of drug-likeness (QED) is 0.626. The highest BCUT2D eigenvalue weighted by atomic mass is 79.9. The molecule has 1 saturated heterocycles. The maximum Gasteiger partial charge on any atom is 0.0351 e. The van der Waals surface area contributed by atoms with Gasteiger partial charge in [-0.1, -0.05) is 60.2 Å². The minimum absolute atomic E-state index is 0.667. The van der Waals surface area contributed by atoms with E-state index in [1.54, 1.807) is 0 Å². The van der Waals surface area contributed by atoms with Crippen molar-refractivity contribution in [3.63, 3.8) is 0 Å². The Morgan fingerprint density at radius 1 is 0.800 bits per heavy atom. The molecule has 0 bridgehead atoms. The zero-order chi connectivity index (χ0) is 13.8. The van der Waals surface area contributed by atoms with Crippen LogP contribution in [0.25, 0.3) is 0 Å². The minimum Gasteiger partial charge on any atom is -0.293 e. The summed E-state index contributed by atoms with van der Waals surface area (Å²) in [4.78, 5) is 2.85. The van der Waals surface area contributed by atoms with Gasteiger partial charge >= 0.3 is 0 Å². The average molecular weight is 336 g/mol. The lowest BCUT2D eigenvalue weighted by molar-refractivity contribution is 0.0849. The molecule has 0 aromatic heterocycles. The third-order valence-corrected chi connectivity index (χ3v) is 5.62. The van der Waals surface area contributed by atoms with Gasteiger partial charge in [0.05, 0.1) is 0 Å². The molecule has 1 atom stereocenters. The Morgan fingerprint density at radius 2 is 1.45 bits per heavy atom. The molecule has 1 aromatic rings. The fourth-order valence-corrected chi connectivity index (χ4v) is 4.29. The van der Waals surface area contributed by atoms with Crippen molar-refractivity contribution in [1.29, 1.82) is 0 Å². The molecule has 1 aromatic carbocycles. The van der Waals surface area contributed by atoms with E-state index in [0.717, 1.165) is 6.04 Å². The SMILES string of the molecule is Brc1ccc(C2CCCCN2C2CCCCCC2)cc1. The third-order valence-electron chi connectivity index (χ3n) is 5.09. The van der Waals surface area contributed by atoms with Gasteiger partial charge < -0.3 is 0 Å². The van der Waals surface area contributed by atoms with Crippen molar-refractivity contribution in [3.05, 3.63) is 34.3 Å². The van der Waals surface area contributed by atoms with Gasteiger partial charge in [0.2, 0.25) is 0 Å². The molecule has 20 heavy (non-hydrogen) atoms. The molecule has 1 saturated carbocycles. The highest BCUT2D eigenvalue weighted by molar-refractivity contribution is 9.10. The maximum absolute atomic E-state index is 3.56. The molecule has 1 aliphatic heterocycles. The molecule has 1 unspecified atom stereocenters. The highest BCUT2D eigenvalue weighted by Gasteiger charge is 2.29. The van der Waals surface area contributed by atoms with Gasteiger partial charge in [0.1, 0.15) is 0 Å². The summed E-state index contributed by atoms with van der Waals surface area (Å²) in [6.45, 7) is 1.31. The van der Waals surface area contributed by atoms with Gasteiger partial charge in [-0.3, -0.25) is 4.90 Å². The van der Waals surface area contributed by atoms with Crippen LogP contribution in [-0.2, 0) is 0 Å². The molecule has 0 spiro atoms. The Hall–Kier alpha value is -0.340. The summed E-state index contributed by atoms with van der Waals surface area (Å²) in [7, 11) is 0. The Balaban J connectivity index is 1.77. The van der Waals surface area contributed by atoms with Crippen molar-refractivity contribution in [2.24, 2.45) is 0 Å². The monoisotopic (exact) mass is 335 g/mol. The largest absolute Gasteiger partial charge is 0.293 e. The van der Waals surface area contributed by atoms with Crippen LogP contribution in [0.3, 0.4) is 0 Å². The van der Waals surface area contributed by atoms with Crippen LogP contribution >= 0.6 is 15.9 Å². The number of halogens is 1. The normalized spacial score (nSPS) is 26.4. The number of nitrogens with zero attached hydrogens (tertiary/aromatic N) is 1. The fourth-order valence-electron chi connectivity index (χ4n) is 4.02. The van der Waals surface area contributed by atoms with E-state index >= 15 is 0 Å². The summed E-state index contributed by atoms with van der Waals surface area (Å²) in [6, 6.07) is 10.6. The Labute approximate surface area is 131 Å². The van der Waals surface area contributed by atoms with Crippen LogP contribution in [0.4, 0.5) is 0 Å². The van der Waals surface area contributed by atoms with Gasteiger partial charge in [-0.25, -0.2) is 0 Å². The van der Waals surface area contributed by atoms with E-state index in [1.165, 1.54) is 74.4 Å². The van der Waals surface area contributed by atoms with E-state index in [2.05, 4.69) is 45.1 Å². The predicted octanol–water partition coefficient (Wildman–Crippen LogP) is 5.70. The summed E-state index contributed by atoms with van der Waals surface area (Å²) in [5, 5.41) is 0. The van der Waals surface area contributed by atoms with Crippen LogP contribution in [0.5, 0.6) is 0 Å². The number of rotatable bonds is 2. The van der Waals surface area contributed by atoms with Crippen LogP contribution in [0.1, 0.15) is 69.4 Å². The van der Waals surface area contributed by atoms with Crippen LogP contribution in [0.2, 0.25) is 0 Å². The van der Waals surface area contributed by atoms with Crippen molar-refractivity contribution in [2.45, 2.75) is 69.9 Å². The Kier molecular flexibility index (Phi) is 5.17. The van der Waals surface area contributed by atoms with Crippen molar-refractivity contribution >= 4 is 15.9 Å². The number of hydrogen-bond donors (Lipinski definition) is 0. The summed E-state index contributed by atoms with van der Waals surface area (Å²) in [6.07, 6.45) is 12.8. The average Bonchev–Trinajstić information content (AvgIpc) is 2.77. The van der Waals surface area contributed by atoms with Crippen LogP contribution in [0.15, 0.2) is 28.7 Å². The minimum atomic E-state index is 0.667. The lowest BCUT2D eigenvalue weighted by Gasteiger charge is -2.41. The van der Waals surface area contributed by atoms with Gasteiger partial charge in [-0.15, -0.1) is 0 Å². The molecule has 1 nitrogen and oxygen atoms in total. The fraction of sp³-hybridized carbons (Fsp3) is 0.667. The first-order chi connectivity index (χ1) is 9.84. The summed E-state index contributed by atoms with van der Waals surface area (Å²) in [5.74, 6) is 0. The molecular formula is C18H26BrN. The molecule has 2 heteroatoms. The number of hydrogen-bond acceptors (Lipinski definition) is 1. The second-order valence-electron chi connectivity index (χ2n) is 6.45. The summed E-state index contributed by atoms with van der Waals surface area (Å²) < 4.78 is 1.19. The van der Waals surface area contributed by atoms with Crippen LogP contribution < -0.4 is 0 Å².